The Labute approximate surface area is 80.4 Å². The van der Waals surface area contributed by atoms with Gasteiger partial charge in [0.2, 0.25) is 5.88 Å². The third kappa shape index (κ3) is 2.38. The lowest BCUT2D eigenvalue weighted by Crippen LogP contribution is -2.19. The van der Waals surface area contributed by atoms with E-state index in [1.807, 2.05) is 0 Å². The molecule has 3 nitrogen and oxygen atoms in total. The third-order valence-corrected chi connectivity index (χ3v) is 1.57. The molecule has 1 rings (SSSR count). The second-order valence-corrected chi connectivity index (χ2v) is 2.56. The molecule has 14 heavy (non-hydrogen) atoms. The molecule has 0 radical (unpaired) electrons. The van der Waals surface area contributed by atoms with Crippen molar-refractivity contribution >= 4 is 17.3 Å². The van der Waals surface area contributed by atoms with E-state index in [-0.39, 0.29) is 0 Å². The van der Waals surface area contributed by atoms with Crippen molar-refractivity contribution in [3.05, 3.63) is 17.0 Å². The normalized spacial score (nSPS) is 11.5. The van der Waals surface area contributed by atoms with Crippen LogP contribution < -0.4 is 10.5 Å². The first-order valence-corrected chi connectivity index (χ1v) is 3.54. The van der Waals surface area contributed by atoms with Gasteiger partial charge in [0.05, 0.1) is 6.20 Å². The molecule has 0 aliphatic carbocycles. The lowest BCUT2D eigenvalue weighted by molar-refractivity contribution is -0.275. The van der Waals surface area contributed by atoms with Crippen molar-refractivity contribution in [3.8, 4) is 5.88 Å². The summed E-state index contributed by atoms with van der Waals surface area (Å²) in [7, 11) is 0. The molecule has 0 amide bonds. The highest BCUT2D eigenvalue weighted by Gasteiger charge is 2.33. The fraction of sp³-hybridized carbons (Fsp3) is 0.167. The number of aromatic nitrogens is 1. The van der Waals surface area contributed by atoms with E-state index in [4.69, 9.17) is 17.3 Å². The van der Waals surface area contributed by atoms with E-state index in [1.54, 1.807) is 0 Å². The second kappa shape index (κ2) is 3.49. The molecular formula is C6H3ClF4N2O. The zero-order chi connectivity index (χ0) is 10.9. The van der Waals surface area contributed by atoms with Crippen molar-refractivity contribution < 1.29 is 22.3 Å². The molecule has 0 spiro atoms. The van der Waals surface area contributed by atoms with Crippen LogP contribution in [0.1, 0.15) is 0 Å². The average molecular weight is 231 g/mol. The number of ether oxygens (including phenoxy) is 1. The number of anilines is 1. The molecular weight excluding hydrogens is 228 g/mol. The van der Waals surface area contributed by atoms with E-state index in [0.717, 1.165) is 0 Å². The fourth-order valence-electron chi connectivity index (χ4n) is 0.655. The lowest BCUT2D eigenvalue weighted by atomic mass is 10.4. The molecule has 0 aliphatic heterocycles. The number of pyridine rings is 1. The maximum atomic E-state index is 12.6. The summed E-state index contributed by atoms with van der Waals surface area (Å²) in [4.78, 5) is 3.00. The quantitative estimate of drug-likeness (QED) is 0.754. The number of nitrogens with zero attached hydrogens (tertiary/aromatic N) is 1. The standard InChI is InChI=1S/C6H3ClF4N2O/c7-3-2(8)1-13-5(4(3)12)14-6(9,10)11/h1H,12H2. The first-order valence-electron chi connectivity index (χ1n) is 3.16. The molecule has 1 aromatic rings. The molecule has 78 valence electrons. The van der Waals surface area contributed by atoms with Gasteiger partial charge in [-0.15, -0.1) is 13.2 Å². The van der Waals surface area contributed by atoms with Gasteiger partial charge < -0.3 is 10.5 Å². The molecule has 1 aromatic heterocycles. The van der Waals surface area contributed by atoms with Crippen LogP contribution in [0.3, 0.4) is 0 Å². The molecule has 0 fully saturated rings. The van der Waals surface area contributed by atoms with E-state index >= 15 is 0 Å². The number of alkyl halides is 3. The minimum atomic E-state index is -4.94. The van der Waals surface area contributed by atoms with Crippen LogP contribution in [-0.4, -0.2) is 11.3 Å². The highest BCUT2D eigenvalue weighted by molar-refractivity contribution is 6.33. The predicted octanol–water partition coefficient (Wildman–Crippen LogP) is 2.35. The Morgan fingerprint density at radius 1 is 1.43 bits per heavy atom. The number of hydrogen-bond donors (Lipinski definition) is 1. The van der Waals surface area contributed by atoms with E-state index < -0.39 is 28.8 Å². The molecule has 0 atom stereocenters. The summed E-state index contributed by atoms with van der Waals surface area (Å²) in [6.07, 6.45) is -4.46. The summed E-state index contributed by atoms with van der Waals surface area (Å²) >= 11 is 5.22. The predicted molar refractivity (Wildman–Crippen MR) is 40.3 cm³/mol. The van der Waals surface area contributed by atoms with Crippen molar-refractivity contribution in [1.29, 1.82) is 0 Å². The molecule has 0 saturated heterocycles. The van der Waals surface area contributed by atoms with Crippen molar-refractivity contribution in [3.63, 3.8) is 0 Å². The lowest BCUT2D eigenvalue weighted by Gasteiger charge is -2.10. The van der Waals surface area contributed by atoms with Crippen LogP contribution in [-0.2, 0) is 0 Å². The zero-order valence-electron chi connectivity index (χ0n) is 6.40. The largest absolute Gasteiger partial charge is 0.574 e. The van der Waals surface area contributed by atoms with Crippen LogP contribution in [0.4, 0.5) is 23.2 Å². The Hall–Kier alpha value is -1.24. The number of rotatable bonds is 1. The summed E-state index contributed by atoms with van der Waals surface area (Å²) in [6, 6.07) is 0. The zero-order valence-corrected chi connectivity index (χ0v) is 7.16. The Balaban J connectivity index is 3.06. The molecule has 0 aromatic carbocycles. The smallest absolute Gasteiger partial charge is 0.393 e. The van der Waals surface area contributed by atoms with Gasteiger partial charge in [-0.2, -0.15) is 0 Å². The van der Waals surface area contributed by atoms with Crippen LogP contribution in [0.15, 0.2) is 6.20 Å². The van der Waals surface area contributed by atoms with Gasteiger partial charge in [-0.25, -0.2) is 9.37 Å². The minimum absolute atomic E-state index is 0.486. The number of nitrogens with two attached hydrogens (primary N) is 1. The first-order chi connectivity index (χ1) is 6.31. The maximum Gasteiger partial charge on any atom is 0.574 e. The molecule has 0 saturated carbocycles. The highest BCUT2D eigenvalue weighted by Crippen LogP contribution is 2.32. The van der Waals surface area contributed by atoms with Gasteiger partial charge in [-0.3, -0.25) is 0 Å². The Bertz CT molecular complexity index is 354. The van der Waals surface area contributed by atoms with E-state index in [0.29, 0.717) is 6.20 Å². The van der Waals surface area contributed by atoms with Crippen LogP contribution in [0, 0.1) is 5.82 Å². The summed E-state index contributed by atoms with van der Waals surface area (Å²) in [6.45, 7) is 0. The minimum Gasteiger partial charge on any atom is -0.393 e. The first kappa shape index (κ1) is 10.8. The fourth-order valence-corrected chi connectivity index (χ4v) is 0.785. The Morgan fingerprint density at radius 2 is 2.00 bits per heavy atom. The third-order valence-electron chi connectivity index (χ3n) is 1.18. The SMILES string of the molecule is Nc1c(OC(F)(F)F)ncc(F)c1Cl. The number of hydrogen-bond acceptors (Lipinski definition) is 3. The van der Waals surface area contributed by atoms with Gasteiger partial charge in [-0.1, -0.05) is 11.6 Å². The second-order valence-electron chi connectivity index (χ2n) is 2.19. The van der Waals surface area contributed by atoms with Gasteiger partial charge in [-0.05, 0) is 0 Å². The average Bonchev–Trinajstić information content (AvgIpc) is 2.04. The van der Waals surface area contributed by atoms with Gasteiger partial charge in [0, 0.05) is 0 Å². The maximum absolute atomic E-state index is 12.6. The van der Waals surface area contributed by atoms with Crippen LogP contribution in [0.25, 0.3) is 0 Å². The monoisotopic (exact) mass is 230 g/mol. The van der Waals surface area contributed by atoms with E-state index in [2.05, 4.69) is 9.72 Å². The number of halogens is 5. The summed E-state index contributed by atoms with van der Waals surface area (Å²) in [5.41, 5.74) is 4.34. The van der Waals surface area contributed by atoms with Gasteiger partial charge in [0.15, 0.2) is 5.82 Å². The van der Waals surface area contributed by atoms with Gasteiger partial charge in [0.1, 0.15) is 10.7 Å². The Kier molecular flexibility index (Phi) is 2.70. The highest BCUT2D eigenvalue weighted by atomic mass is 35.5. The topological polar surface area (TPSA) is 48.1 Å². The van der Waals surface area contributed by atoms with Gasteiger partial charge >= 0.3 is 6.36 Å². The molecule has 0 aliphatic rings. The molecule has 1 heterocycles. The molecule has 0 bridgehead atoms. The van der Waals surface area contributed by atoms with Crippen molar-refractivity contribution in [2.24, 2.45) is 0 Å². The van der Waals surface area contributed by atoms with Crippen molar-refractivity contribution in [1.82, 2.24) is 4.98 Å². The molecule has 0 unspecified atom stereocenters. The van der Waals surface area contributed by atoms with Gasteiger partial charge in [0.25, 0.3) is 0 Å². The molecule has 2 N–H and O–H groups in total. The van der Waals surface area contributed by atoms with Crippen LogP contribution in [0.5, 0.6) is 5.88 Å². The summed E-state index contributed by atoms with van der Waals surface area (Å²) in [5, 5.41) is -0.653. The van der Waals surface area contributed by atoms with Crippen LogP contribution >= 0.6 is 11.6 Å². The number of nitrogen functional groups attached to an aromatic ring is 1. The van der Waals surface area contributed by atoms with Crippen LogP contribution in [0.2, 0.25) is 5.02 Å². The Morgan fingerprint density at radius 3 is 2.50 bits per heavy atom. The van der Waals surface area contributed by atoms with E-state index in [9.17, 15) is 17.6 Å². The summed E-state index contributed by atoms with van der Waals surface area (Å²) < 4.78 is 51.1. The van der Waals surface area contributed by atoms with E-state index in [1.165, 1.54) is 0 Å². The van der Waals surface area contributed by atoms with Crippen molar-refractivity contribution in [2.75, 3.05) is 5.73 Å². The van der Waals surface area contributed by atoms with Crippen molar-refractivity contribution in [2.45, 2.75) is 6.36 Å². The summed E-state index contributed by atoms with van der Waals surface area (Å²) in [5.74, 6) is -1.98. The molecule has 8 heteroatoms.